The molecular formula is C53H32N2S2. The van der Waals surface area contributed by atoms with E-state index in [1.807, 2.05) is 29.2 Å². The van der Waals surface area contributed by atoms with Crippen LogP contribution in [0.1, 0.15) is 22.3 Å². The SMILES string of the molecule is c1ccc(-c2nc(-c3cccc(-c4cccc5c4Sc4ccccc4C54c5ccccc5-c5ccccc54)c3)cc(-c3ccc4c(c3)sc3ccccc34)n2)cc1. The summed E-state index contributed by atoms with van der Waals surface area (Å²) in [5.74, 6) is 0.717. The van der Waals surface area contributed by atoms with Crippen LogP contribution in [0.25, 0.3) is 76.3 Å². The number of nitrogens with zero attached hydrogens (tertiary/aromatic N) is 2. The lowest BCUT2D eigenvalue weighted by Gasteiger charge is -2.40. The van der Waals surface area contributed by atoms with E-state index in [1.54, 1.807) is 0 Å². The van der Waals surface area contributed by atoms with Gasteiger partial charge in [0, 0.05) is 46.7 Å². The van der Waals surface area contributed by atoms with Gasteiger partial charge in [-0.1, -0.05) is 176 Å². The molecule has 0 saturated carbocycles. The lowest BCUT2D eigenvalue weighted by Crippen LogP contribution is -2.32. The summed E-state index contributed by atoms with van der Waals surface area (Å²) < 4.78 is 2.56. The Labute approximate surface area is 339 Å². The topological polar surface area (TPSA) is 25.8 Å². The molecule has 1 aliphatic carbocycles. The minimum Gasteiger partial charge on any atom is -0.228 e. The van der Waals surface area contributed by atoms with E-state index in [2.05, 4.69) is 188 Å². The Morgan fingerprint density at radius 3 is 1.75 bits per heavy atom. The monoisotopic (exact) mass is 760 g/mol. The Hall–Kier alpha value is -6.59. The highest BCUT2D eigenvalue weighted by molar-refractivity contribution is 7.99. The third kappa shape index (κ3) is 4.91. The highest BCUT2D eigenvalue weighted by Gasteiger charge is 2.50. The highest BCUT2D eigenvalue weighted by atomic mass is 32.2. The smallest absolute Gasteiger partial charge is 0.160 e. The van der Waals surface area contributed by atoms with Crippen LogP contribution in [-0.4, -0.2) is 9.97 Å². The van der Waals surface area contributed by atoms with E-state index in [1.165, 1.54) is 74.5 Å². The van der Waals surface area contributed by atoms with Gasteiger partial charge in [-0.2, -0.15) is 0 Å². The minimum absolute atomic E-state index is 0.417. The Morgan fingerprint density at radius 1 is 0.368 bits per heavy atom. The number of rotatable bonds is 4. The van der Waals surface area contributed by atoms with E-state index in [0.29, 0.717) is 0 Å². The summed E-state index contributed by atoms with van der Waals surface area (Å²) in [6, 6.07) is 70.7. The summed E-state index contributed by atoms with van der Waals surface area (Å²) in [6.45, 7) is 0. The van der Waals surface area contributed by atoms with Gasteiger partial charge in [0.05, 0.1) is 16.8 Å². The Bertz CT molecular complexity index is 3190. The summed E-state index contributed by atoms with van der Waals surface area (Å²) >= 11 is 3.73. The number of fused-ring (bicyclic) bond motifs is 12. The van der Waals surface area contributed by atoms with Gasteiger partial charge in [0.15, 0.2) is 5.82 Å². The van der Waals surface area contributed by atoms with Crippen LogP contribution < -0.4 is 0 Å². The molecular weight excluding hydrogens is 729 g/mol. The van der Waals surface area contributed by atoms with Gasteiger partial charge in [0.25, 0.3) is 0 Å². The molecule has 57 heavy (non-hydrogen) atoms. The second kappa shape index (κ2) is 12.7. The van der Waals surface area contributed by atoms with Crippen molar-refractivity contribution in [1.29, 1.82) is 0 Å². The molecule has 0 atom stereocenters. The molecule has 3 heterocycles. The molecule has 0 N–H and O–H groups in total. The van der Waals surface area contributed by atoms with Crippen LogP contribution in [0, 0.1) is 0 Å². The minimum atomic E-state index is -0.417. The molecule has 2 aromatic heterocycles. The largest absolute Gasteiger partial charge is 0.228 e. The Balaban J connectivity index is 1.04. The van der Waals surface area contributed by atoms with Crippen molar-refractivity contribution in [1.82, 2.24) is 9.97 Å². The molecule has 0 amide bonds. The summed E-state index contributed by atoms with van der Waals surface area (Å²) in [5.41, 5.74) is 14.9. The van der Waals surface area contributed by atoms with Gasteiger partial charge in [0.1, 0.15) is 0 Å². The van der Waals surface area contributed by atoms with Crippen LogP contribution in [0.5, 0.6) is 0 Å². The van der Waals surface area contributed by atoms with Crippen molar-refractivity contribution >= 4 is 43.3 Å². The molecule has 2 nitrogen and oxygen atoms in total. The highest BCUT2D eigenvalue weighted by Crippen LogP contribution is 2.63. The van der Waals surface area contributed by atoms with Crippen LogP contribution in [0.15, 0.2) is 204 Å². The van der Waals surface area contributed by atoms with Crippen LogP contribution in [0.3, 0.4) is 0 Å². The number of thiophene rings is 1. The van der Waals surface area contributed by atoms with Crippen LogP contribution in [0.4, 0.5) is 0 Å². The third-order valence-corrected chi connectivity index (χ3v) is 14.1. The molecule has 266 valence electrons. The summed E-state index contributed by atoms with van der Waals surface area (Å²) in [6.07, 6.45) is 0. The average Bonchev–Trinajstić information content (AvgIpc) is 3.80. The second-order valence-electron chi connectivity index (χ2n) is 14.8. The van der Waals surface area contributed by atoms with E-state index in [-0.39, 0.29) is 0 Å². The molecule has 10 aromatic rings. The van der Waals surface area contributed by atoms with Gasteiger partial charge in [-0.25, -0.2) is 9.97 Å². The maximum Gasteiger partial charge on any atom is 0.160 e. The van der Waals surface area contributed by atoms with Crippen LogP contribution in [-0.2, 0) is 5.41 Å². The van der Waals surface area contributed by atoms with Gasteiger partial charge in [-0.15, -0.1) is 11.3 Å². The normalized spacial score (nSPS) is 13.3. The first-order valence-corrected chi connectivity index (χ1v) is 20.9. The third-order valence-electron chi connectivity index (χ3n) is 11.8. The maximum absolute atomic E-state index is 5.24. The molecule has 1 aliphatic heterocycles. The number of aromatic nitrogens is 2. The molecule has 4 heteroatoms. The first-order chi connectivity index (χ1) is 28.2. The van der Waals surface area contributed by atoms with Crippen LogP contribution >= 0.6 is 23.1 Å². The van der Waals surface area contributed by atoms with Crippen molar-refractivity contribution in [2.75, 3.05) is 0 Å². The van der Waals surface area contributed by atoms with Crippen molar-refractivity contribution in [3.63, 3.8) is 0 Å². The van der Waals surface area contributed by atoms with Gasteiger partial charge in [0.2, 0.25) is 0 Å². The second-order valence-corrected chi connectivity index (χ2v) is 17.0. The summed E-state index contributed by atoms with van der Waals surface area (Å²) in [7, 11) is 0. The molecule has 0 unspecified atom stereocenters. The van der Waals surface area contributed by atoms with Crippen LogP contribution in [0.2, 0.25) is 0 Å². The standard InChI is InChI=1S/C53H32N2S2/c1-2-14-33(15-3-1)52-54-46(32-47(55-52)36-28-29-41-40-20-6-10-26-48(40)56-50(41)31-36)35-17-12-16-34(30-35)37-21-13-25-45-51(37)57-49-27-11-9-24-44(49)53(45)42-22-7-4-18-38(42)39-19-5-8-23-43(39)53/h1-32H. The fraction of sp³-hybridized carbons (Fsp3) is 0.0189. The Morgan fingerprint density at radius 2 is 0.947 bits per heavy atom. The predicted octanol–water partition coefficient (Wildman–Crippen LogP) is 14.3. The summed E-state index contributed by atoms with van der Waals surface area (Å²) in [4.78, 5) is 13.0. The average molecular weight is 761 g/mol. The molecule has 8 aromatic carbocycles. The fourth-order valence-electron chi connectivity index (χ4n) is 9.30. The lowest BCUT2D eigenvalue weighted by atomic mass is 9.67. The van der Waals surface area contributed by atoms with E-state index < -0.39 is 5.41 Å². The molecule has 0 bridgehead atoms. The lowest BCUT2D eigenvalue weighted by molar-refractivity contribution is 0.723. The summed E-state index contributed by atoms with van der Waals surface area (Å²) in [5, 5.41) is 2.58. The van der Waals surface area contributed by atoms with Gasteiger partial charge < -0.3 is 0 Å². The zero-order chi connectivity index (χ0) is 37.5. The van der Waals surface area contributed by atoms with Gasteiger partial charge in [-0.05, 0) is 74.8 Å². The Kier molecular flexibility index (Phi) is 7.28. The molecule has 0 saturated heterocycles. The molecule has 0 radical (unpaired) electrons. The number of hydrogen-bond donors (Lipinski definition) is 0. The number of hydrogen-bond acceptors (Lipinski definition) is 4. The van der Waals surface area contributed by atoms with Crippen molar-refractivity contribution in [3.05, 3.63) is 216 Å². The molecule has 2 aliphatic rings. The van der Waals surface area contributed by atoms with E-state index in [4.69, 9.17) is 9.97 Å². The predicted molar refractivity (Wildman–Crippen MR) is 238 cm³/mol. The van der Waals surface area contributed by atoms with Gasteiger partial charge in [-0.3, -0.25) is 0 Å². The number of benzene rings is 8. The van der Waals surface area contributed by atoms with Crippen molar-refractivity contribution in [3.8, 4) is 56.2 Å². The zero-order valence-electron chi connectivity index (χ0n) is 30.7. The first-order valence-electron chi connectivity index (χ1n) is 19.3. The molecule has 1 spiro atoms. The van der Waals surface area contributed by atoms with Crippen molar-refractivity contribution in [2.24, 2.45) is 0 Å². The van der Waals surface area contributed by atoms with Crippen molar-refractivity contribution < 1.29 is 0 Å². The quantitative estimate of drug-likeness (QED) is 0.179. The van der Waals surface area contributed by atoms with E-state index in [0.717, 1.165) is 33.9 Å². The van der Waals surface area contributed by atoms with E-state index in [9.17, 15) is 0 Å². The first kappa shape index (κ1) is 32.6. The van der Waals surface area contributed by atoms with E-state index >= 15 is 0 Å². The maximum atomic E-state index is 5.24. The molecule has 0 fully saturated rings. The molecule has 12 rings (SSSR count). The van der Waals surface area contributed by atoms with Crippen molar-refractivity contribution in [2.45, 2.75) is 15.2 Å². The fourth-order valence-corrected chi connectivity index (χ4v) is 11.8. The zero-order valence-corrected chi connectivity index (χ0v) is 32.3. The van der Waals surface area contributed by atoms with Gasteiger partial charge >= 0.3 is 0 Å².